The van der Waals surface area contributed by atoms with Gasteiger partial charge in [0.1, 0.15) is 5.75 Å². The van der Waals surface area contributed by atoms with E-state index in [4.69, 9.17) is 17.0 Å². The Hall–Kier alpha value is -4.35. The lowest BCUT2D eigenvalue weighted by molar-refractivity contribution is -0.115. The molecule has 0 aromatic heterocycles. The number of piperazine rings is 1. The van der Waals surface area contributed by atoms with Gasteiger partial charge in [-0.1, -0.05) is 72.8 Å². The van der Waals surface area contributed by atoms with Gasteiger partial charge < -0.3 is 10.1 Å². The number of thiocarbonyl (C=S) groups is 1. The number of ether oxygens (including phenoxy) is 1. The fourth-order valence-electron chi connectivity index (χ4n) is 5.28. The van der Waals surface area contributed by atoms with Gasteiger partial charge in [-0.15, -0.1) is 0 Å². The molecule has 10 heteroatoms. The van der Waals surface area contributed by atoms with Crippen molar-refractivity contribution in [1.29, 1.82) is 0 Å². The molecule has 2 N–H and O–H groups in total. The van der Waals surface area contributed by atoms with Crippen molar-refractivity contribution >= 4 is 45.0 Å². The lowest BCUT2D eigenvalue weighted by Gasteiger charge is -2.39. The standard InChI is InChI=1S/C35H36N4O4S2/c1-2-43-31-18-13-27(14-19-31)15-22-33(40)37-35(44)36-30-16-20-32(21-17-30)45(41,42)39-25-23-38(24-26-39)34(28-9-5-3-6-10-28)29-11-7-4-8-12-29/h3-22,34H,2,23-26H2,1H3,(H2,36,37,40,44)/b22-15+. The van der Waals surface area contributed by atoms with Crippen LogP contribution in [0.15, 0.2) is 120 Å². The number of anilines is 1. The molecule has 0 radical (unpaired) electrons. The zero-order valence-electron chi connectivity index (χ0n) is 25.0. The number of sulfonamides is 1. The third kappa shape index (κ3) is 8.43. The van der Waals surface area contributed by atoms with Crippen molar-refractivity contribution in [3.05, 3.63) is 132 Å². The Morgan fingerprint density at radius 3 is 1.98 bits per heavy atom. The molecular formula is C35H36N4O4S2. The molecule has 5 rings (SSSR count). The molecule has 1 amide bonds. The highest BCUT2D eigenvalue weighted by atomic mass is 32.2. The summed E-state index contributed by atoms with van der Waals surface area (Å²) in [6.07, 6.45) is 3.07. The Kier molecular flexibility index (Phi) is 10.7. The number of rotatable bonds is 10. The van der Waals surface area contributed by atoms with Crippen molar-refractivity contribution in [2.75, 3.05) is 38.1 Å². The maximum Gasteiger partial charge on any atom is 0.250 e. The van der Waals surface area contributed by atoms with Crippen LogP contribution in [0, 0.1) is 0 Å². The van der Waals surface area contributed by atoms with Crippen LogP contribution in [0.5, 0.6) is 5.75 Å². The van der Waals surface area contributed by atoms with Crippen molar-refractivity contribution in [3.8, 4) is 5.75 Å². The number of nitrogens with one attached hydrogen (secondary N) is 2. The van der Waals surface area contributed by atoms with Crippen LogP contribution in [0.1, 0.15) is 29.7 Å². The van der Waals surface area contributed by atoms with E-state index in [1.165, 1.54) is 17.2 Å². The largest absolute Gasteiger partial charge is 0.494 e. The SMILES string of the molecule is CCOc1ccc(/C=C/C(=O)NC(=S)Nc2ccc(S(=O)(=O)N3CCN(C(c4ccccc4)c4ccccc4)CC3)cc2)cc1. The van der Waals surface area contributed by atoms with E-state index in [1.807, 2.05) is 67.6 Å². The second-order valence-electron chi connectivity index (χ2n) is 10.5. The predicted octanol–water partition coefficient (Wildman–Crippen LogP) is 5.71. The molecule has 1 aliphatic heterocycles. The van der Waals surface area contributed by atoms with Gasteiger partial charge in [0.05, 0.1) is 17.5 Å². The van der Waals surface area contributed by atoms with Crippen LogP contribution in [0.2, 0.25) is 0 Å². The van der Waals surface area contributed by atoms with E-state index in [1.54, 1.807) is 34.6 Å². The summed E-state index contributed by atoms with van der Waals surface area (Å²) >= 11 is 5.28. The van der Waals surface area contributed by atoms with E-state index >= 15 is 0 Å². The smallest absolute Gasteiger partial charge is 0.250 e. The molecule has 0 saturated carbocycles. The van der Waals surface area contributed by atoms with Crippen molar-refractivity contribution < 1.29 is 17.9 Å². The average Bonchev–Trinajstić information content (AvgIpc) is 3.06. The van der Waals surface area contributed by atoms with Gasteiger partial charge >= 0.3 is 0 Å². The molecule has 4 aromatic carbocycles. The van der Waals surface area contributed by atoms with Crippen LogP contribution in [-0.2, 0) is 14.8 Å². The summed E-state index contributed by atoms with van der Waals surface area (Å²) in [4.78, 5) is 14.9. The molecule has 8 nitrogen and oxygen atoms in total. The molecule has 0 spiro atoms. The molecule has 1 saturated heterocycles. The number of nitrogens with zero attached hydrogens (tertiary/aromatic N) is 2. The van der Waals surface area contributed by atoms with E-state index in [9.17, 15) is 13.2 Å². The molecule has 0 atom stereocenters. The highest BCUT2D eigenvalue weighted by molar-refractivity contribution is 7.89. The minimum atomic E-state index is -3.69. The van der Waals surface area contributed by atoms with E-state index < -0.39 is 10.0 Å². The minimum absolute atomic E-state index is 0.0506. The first-order chi connectivity index (χ1) is 21.8. The summed E-state index contributed by atoms with van der Waals surface area (Å²) in [5.74, 6) is 0.378. The molecule has 1 aliphatic rings. The van der Waals surface area contributed by atoms with E-state index in [-0.39, 0.29) is 22.0 Å². The first kappa shape index (κ1) is 32.1. The van der Waals surface area contributed by atoms with Crippen LogP contribution < -0.4 is 15.4 Å². The fourth-order valence-corrected chi connectivity index (χ4v) is 6.92. The van der Waals surface area contributed by atoms with Gasteiger partial charge in [0.15, 0.2) is 5.11 Å². The number of carbonyl (C=O) groups is 1. The summed E-state index contributed by atoms with van der Waals surface area (Å²) in [5, 5.41) is 5.64. The molecule has 232 valence electrons. The Labute approximate surface area is 270 Å². The van der Waals surface area contributed by atoms with Gasteiger partial charge in [0, 0.05) is 37.9 Å². The minimum Gasteiger partial charge on any atom is -0.494 e. The summed E-state index contributed by atoms with van der Waals surface area (Å²) in [5.41, 5.74) is 3.77. The Balaban J connectivity index is 1.15. The molecule has 0 unspecified atom stereocenters. The first-order valence-corrected chi connectivity index (χ1v) is 16.7. The van der Waals surface area contributed by atoms with Crippen LogP contribution in [0.4, 0.5) is 5.69 Å². The molecule has 0 bridgehead atoms. The average molecular weight is 641 g/mol. The van der Waals surface area contributed by atoms with E-state index in [0.29, 0.717) is 38.5 Å². The van der Waals surface area contributed by atoms with Gasteiger partial charge in [-0.2, -0.15) is 4.31 Å². The molecule has 45 heavy (non-hydrogen) atoms. The molecule has 1 heterocycles. The van der Waals surface area contributed by atoms with E-state index in [0.717, 1.165) is 11.3 Å². The monoisotopic (exact) mass is 640 g/mol. The molecule has 4 aromatic rings. The quantitative estimate of drug-likeness (QED) is 0.170. The topological polar surface area (TPSA) is 91.0 Å². The van der Waals surface area contributed by atoms with Crippen LogP contribution >= 0.6 is 12.2 Å². The van der Waals surface area contributed by atoms with Crippen LogP contribution in [0.3, 0.4) is 0 Å². The van der Waals surface area contributed by atoms with Crippen molar-refractivity contribution in [2.45, 2.75) is 17.9 Å². The van der Waals surface area contributed by atoms with Crippen molar-refractivity contribution in [1.82, 2.24) is 14.5 Å². The van der Waals surface area contributed by atoms with Crippen LogP contribution in [-0.4, -0.2) is 61.4 Å². The van der Waals surface area contributed by atoms with Crippen LogP contribution in [0.25, 0.3) is 6.08 Å². The zero-order valence-corrected chi connectivity index (χ0v) is 26.6. The second kappa shape index (κ2) is 15.1. The Morgan fingerprint density at radius 1 is 0.844 bits per heavy atom. The van der Waals surface area contributed by atoms with Crippen molar-refractivity contribution in [2.24, 2.45) is 0 Å². The summed E-state index contributed by atoms with van der Waals surface area (Å²) in [6, 6.07) is 34.4. The fraction of sp³-hybridized carbons (Fsp3) is 0.200. The van der Waals surface area contributed by atoms with Gasteiger partial charge in [-0.3, -0.25) is 15.0 Å². The number of amides is 1. The second-order valence-corrected chi connectivity index (χ2v) is 12.8. The lowest BCUT2D eigenvalue weighted by Crippen LogP contribution is -2.49. The van der Waals surface area contributed by atoms with Gasteiger partial charge in [0.2, 0.25) is 15.9 Å². The number of hydrogen-bond acceptors (Lipinski definition) is 6. The maximum atomic E-state index is 13.5. The zero-order chi connectivity index (χ0) is 31.6. The summed E-state index contributed by atoms with van der Waals surface area (Å²) in [7, 11) is -3.69. The van der Waals surface area contributed by atoms with Crippen molar-refractivity contribution in [3.63, 3.8) is 0 Å². The number of hydrogen-bond donors (Lipinski definition) is 2. The van der Waals surface area contributed by atoms with Gasteiger partial charge in [-0.25, -0.2) is 8.42 Å². The maximum absolute atomic E-state index is 13.5. The summed E-state index contributed by atoms with van der Waals surface area (Å²) in [6.45, 7) is 4.49. The molecule has 1 fully saturated rings. The predicted molar refractivity (Wildman–Crippen MR) is 183 cm³/mol. The summed E-state index contributed by atoms with van der Waals surface area (Å²) < 4.78 is 34.0. The Bertz CT molecular complexity index is 1670. The first-order valence-electron chi connectivity index (χ1n) is 14.8. The molecular weight excluding hydrogens is 605 g/mol. The van der Waals surface area contributed by atoms with E-state index in [2.05, 4.69) is 39.8 Å². The van der Waals surface area contributed by atoms with Gasteiger partial charge in [-0.05, 0) is 78.3 Å². The van der Waals surface area contributed by atoms with Gasteiger partial charge in [0.25, 0.3) is 0 Å². The number of benzene rings is 4. The third-order valence-corrected chi connectivity index (χ3v) is 9.59. The highest BCUT2D eigenvalue weighted by Gasteiger charge is 2.32. The number of carbonyl (C=O) groups excluding carboxylic acids is 1. The third-order valence-electron chi connectivity index (χ3n) is 7.47. The normalized spacial score (nSPS) is 14.4. The highest BCUT2D eigenvalue weighted by Crippen LogP contribution is 2.30. The Morgan fingerprint density at radius 2 is 1.42 bits per heavy atom. The molecule has 0 aliphatic carbocycles. The lowest BCUT2D eigenvalue weighted by atomic mass is 9.96.